The highest BCUT2D eigenvalue weighted by atomic mass is 32.5. The number of hydrogen-bond acceptors (Lipinski definition) is 1. The van der Waals surface area contributed by atoms with E-state index < -0.39 is 61.0 Å². The van der Waals surface area contributed by atoms with Crippen molar-refractivity contribution in [3.63, 3.8) is 0 Å². The number of hydrogen-bond donors (Lipinski definition) is 0. The normalized spacial score (nSPS) is 18.0. The fourth-order valence-corrected chi connectivity index (χ4v) is 5.32. The third-order valence-electron chi connectivity index (χ3n) is 3.30. The molecule has 0 radical (unpaired) electrons. The van der Waals surface area contributed by atoms with Crippen LogP contribution in [0.4, 0.5) is 38.9 Å². The molecule has 1 rings (SSSR count). The standard InChI is InChI=1S/C14H18F10OS2/c1-3-5-7-11-8-9-12(25-10-6-4-2)14(27(20,21,22,23)24)13(11)26(15,16,17,18)19/h3,8-9H,1,4-7,10H2,2H3. The molecule has 0 unspecified atom stereocenters. The van der Waals surface area contributed by atoms with Gasteiger partial charge in [0.1, 0.15) is 10.6 Å². The minimum Gasteiger partial charge on any atom is -0.492 e. The number of allylic oxidation sites excluding steroid dienone is 1. The van der Waals surface area contributed by atoms with Gasteiger partial charge in [-0.2, -0.15) is 0 Å². The first-order chi connectivity index (χ1) is 11.6. The van der Waals surface area contributed by atoms with E-state index in [9.17, 15) is 38.9 Å². The highest BCUT2D eigenvalue weighted by molar-refractivity contribution is 8.48. The SMILES string of the molecule is C=CCCc1ccc(OCCCC)c(S(F)(F)(F)(F)F)c1S(F)(F)(F)(F)F. The lowest BCUT2D eigenvalue weighted by Gasteiger charge is -2.49. The first kappa shape index (κ1) is 23.8. The van der Waals surface area contributed by atoms with Gasteiger partial charge in [-0.1, -0.05) is 64.3 Å². The minimum atomic E-state index is -11.2. The summed E-state index contributed by atoms with van der Waals surface area (Å²) >= 11 is 0. The number of rotatable bonds is 9. The third-order valence-corrected chi connectivity index (χ3v) is 5.85. The van der Waals surface area contributed by atoms with Crippen molar-refractivity contribution in [2.45, 2.75) is 42.4 Å². The summed E-state index contributed by atoms with van der Waals surface area (Å²) in [6.07, 6.45) is -0.126. The molecule has 162 valence electrons. The number of benzene rings is 1. The van der Waals surface area contributed by atoms with Gasteiger partial charge in [-0.25, -0.2) is 0 Å². The van der Waals surface area contributed by atoms with Crippen LogP contribution in [0.25, 0.3) is 0 Å². The lowest BCUT2D eigenvalue weighted by atomic mass is 10.1. The van der Waals surface area contributed by atoms with Gasteiger partial charge >= 0.3 is 20.4 Å². The maximum atomic E-state index is 13.4. The second-order valence-corrected chi connectivity index (χ2v) is 10.5. The summed E-state index contributed by atoms with van der Waals surface area (Å²) in [5.74, 6) is -1.96. The second kappa shape index (κ2) is 5.65. The summed E-state index contributed by atoms with van der Waals surface area (Å²) < 4.78 is 139. The number of ether oxygens (including phenoxy) is 1. The van der Waals surface area contributed by atoms with Gasteiger partial charge in [0.15, 0.2) is 4.90 Å². The molecular formula is C14H18F10OS2. The van der Waals surface area contributed by atoms with Crippen LogP contribution in [-0.4, -0.2) is 6.61 Å². The molecule has 1 nitrogen and oxygen atoms in total. The van der Waals surface area contributed by atoms with Gasteiger partial charge in [-0.05, 0) is 30.9 Å². The molecule has 0 saturated carbocycles. The first-order valence-corrected chi connectivity index (χ1v) is 11.4. The molecule has 0 aliphatic carbocycles. The van der Waals surface area contributed by atoms with Crippen LogP contribution in [0.15, 0.2) is 34.6 Å². The smallest absolute Gasteiger partial charge is 0.315 e. The fraction of sp³-hybridized carbons (Fsp3) is 0.429. The zero-order chi connectivity index (χ0) is 21.5. The largest absolute Gasteiger partial charge is 0.492 e. The van der Waals surface area contributed by atoms with E-state index in [4.69, 9.17) is 0 Å². The van der Waals surface area contributed by atoms with Crippen molar-refractivity contribution in [3.8, 4) is 5.75 Å². The molecule has 0 aliphatic heterocycles. The second-order valence-electron chi connectivity index (χ2n) is 5.85. The van der Waals surface area contributed by atoms with Gasteiger partial charge < -0.3 is 4.74 Å². The van der Waals surface area contributed by atoms with E-state index in [-0.39, 0.29) is 12.5 Å². The average Bonchev–Trinajstić information content (AvgIpc) is 2.40. The van der Waals surface area contributed by atoms with E-state index in [0.29, 0.717) is 12.5 Å². The Morgan fingerprint density at radius 2 is 1.41 bits per heavy atom. The van der Waals surface area contributed by atoms with Crippen LogP contribution in [0.2, 0.25) is 0 Å². The van der Waals surface area contributed by atoms with E-state index in [1.807, 2.05) is 0 Å². The van der Waals surface area contributed by atoms with Crippen LogP contribution in [0.1, 0.15) is 31.7 Å². The molecule has 0 amide bonds. The summed E-state index contributed by atoms with van der Waals surface area (Å²) in [5, 5.41) is 0. The molecule has 0 saturated heterocycles. The fourth-order valence-electron chi connectivity index (χ4n) is 2.27. The van der Waals surface area contributed by atoms with Crippen LogP contribution in [0.5, 0.6) is 5.75 Å². The molecule has 0 bridgehead atoms. The first-order valence-electron chi connectivity index (χ1n) is 7.48. The van der Waals surface area contributed by atoms with E-state index >= 15 is 0 Å². The zero-order valence-corrected chi connectivity index (χ0v) is 15.6. The molecule has 0 N–H and O–H groups in total. The Morgan fingerprint density at radius 3 is 1.81 bits per heavy atom. The molecule has 0 spiro atoms. The van der Waals surface area contributed by atoms with Gasteiger partial charge in [0.2, 0.25) is 0 Å². The van der Waals surface area contributed by atoms with Crippen molar-refractivity contribution in [1.82, 2.24) is 0 Å². The van der Waals surface area contributed by atoms with Crippen molar-refractivity contribution in [2.24, 2.45) is 0 Å². The van der Waals surface area contributed by atoms with Gasteiger partial charge in [0, 0.05) is 0 Å². The van der Waals surface area contributed by atoms with E-state index in [0.717, 1.165) is 6.08 Å². The zero-order valence-electron chi connectivity index (χ0n) is 14.0. The van der Waals surface area contributed by atoms with Crippen molar-refractivity contribution >= 4 is 20.4 Å². The molecule has 0 aliphatic rings. The Balaban J connectivity index is 4.04. The maximum absolute atomic E-state index is 13.4. The number of halogens is 10. The van der Waals surface area contributed by atoms with Crippen LogP contribution < -0.4 is 4.74 Å². The molecule has 0 aromatic heterocycles. The third kappa shape index (κ3) is 6.40. The van der Waals surface area contributed by atoms with Crippen LogP contribution in [0.3, 0.4) is 0 Å². The van der Waals surface area contributed by atoms with Crippen LogP contribution in [0, 0.1) is 0 Å². The van der Waals surface area contributed by atoms with Gasteiger partial charge in [-0.3, -0.25) is 0 Å². The highest BCUT2D eigenvalue weighted by Gasteiger charge is 2.77. The number of aryl methyl sites for hydroxylation is 1. The average molecular weight is 456 g/mol. The molecule has 27 heavy (non-hydrogen) atoms. The molecule has 0 fully saturated rings. The van der Waals surface area contributed by atoms with Gasteiger partial charge in [-0.15, -0.1) is 6.58 Å². The summed E-state index contributed by atoms with van der Waals surface area (Å²) in [4.78, 5) is -7.35. The summed E-state index contributed by atoms with van der Waals surface area (Å²) in [6, 6.07) is 0.513. The molecule has 1 aromatic carbocycles. The summed E-state index contributed by atoms with van der Waals surface area (Å²) in [6.45, 7) is 4.02. The maximum Gasteiger partial charge on any atom is 0.315 e. The van der Waals surface area contributed by atoms with Crippen molar-refractivity contribution in [3.05, 3.63) is 30.4 Å². The number of unbranched alkanes of at least 4 members (excludes halogenated alkanes) is 1. The predicted octanol–water partition coefficient (Wildman–Crippen LogP) is 9.30. The molecule has 1 aromatic rings. The Hall–Kier alpha value is -1.24. The Kier molecular flexibility index (Phi) is 4.98. The lowest BCUT2D eigenvalue weighted by molar-refractivity contribution is 0.281. The quantitative estimate of drug-likeness (QED) is 0.204. The molecule has 13 heteroatoms. The van der Waals surface area contributed by atoms with Crippen molar-refractivity contribution < 1.29 is 43.6 Å². The Bertz CT molecular complexity index is 738. The minimum absolute atomic E-state index is 0.0176. The lowest BCUT2D eigenvalue weighted by Crippen LogP contribution is -2.20. The molecular weight excluding hydrogens is 438 g/mol. The predicted molar refractivity (Wildman–Crippen MR) is 88.2 cm³/mol. The van der Waals surface area contributed by atoms with E-state index in [1.54, 1.807) is 6.92 Å². The van der Waals surface area contributed by atoms with Gasteiger partial charge in [0.05, 0.1) is 6.61 Å². The topological polar surface area (TPSA) is 9.23 Å². The molecule has 0 atom stereocenters. The Labute approximate surface area is 149 Å². The van der Waals surface area contributed by atoms with Gasteiger partial charge in [0.25, 0.3) is 0 Å². The van der Waals surface area contributed by atoms with E-state index in [2.05, 4.69) is 11.3 Å². The summed E-state index contributed by atoms with van der Waals surface area (Å²) in [7, 11) is -22.4. The van der Waals surface area contributed by atoms with E-state index in [1.165, 1.54) is 0 Å². The van der Waals surface area contributed by atoms with Crippen molar-refractivity contribution in [2.75, 3.05) is 6.61 Å². The summed E-state index contributed by atoms with van der Waals surface area (Å²) in [5.41, 5.74) is -1.60. The monoisotopic (exact) mass is 456 g/mol. The highest BCUT2D eigenvalue weighted by Crippen LogP contribution is 3.10. The van der Waals surface area contributed by atoms with Crippen molar-refractivity contribution in [1.29, 1.82) is 0 Å². The van der Waals surface area contributed by atoms with Crippen LogP contribution >= 0.6 is 20.4 Å². The molecule has 0 heterocycles. The van der Waals surface area contributed by atoms with Crippen LogP contribution in [-0.2, 0) is 6.42 Å². The Morgan fingerprint density at radius 1 is 0.889 bits per heavy atom.